The molecule has 0 radical (unpaired) electrons. The summed E-state index contributed by atoms with van der Waals surface area (Å²) >= 11 is 0. The summed E-state index contributed by atoms with van der Waals surface area (Å²) in [6.07, 6.45) is 2.59. The average Bonchev–Trinajstić information content (AvgIpc) is 2.90. The summed E-state index contributed by atoms with van der Waals surface area (Å²) in [6.45, 7) is 0.285. The van der Waals surface area contributed by atoms with E-state index in [1.54, 1.807) is 19.2 Å². The van der Waals surface area contributed by atoms with E-state index in [-0.39, 0.29) is 23.6 Å². The molecule has 0 saturated heterocycles. The third-order valence-corrected chi connectivity index (χ3v) is 2.63. The molecule has 104 valence electrons. The van der Waals surface area contributed by atoms with Gasteiger partial charge in [-0.1, -0.05) is 0 Å². The molecule has 0 aliphatic carbocycles. The number of aromatic nitrogens is 1. The van der Waals surface area contributed by atoms with Crippen LogP contribution >= 0.6 is 0 Å². The fraction of sp³-hybridized carbons (Fsp3) is 0.167. The number of hydrogen-bond donors (Lipinski definition) is 1. The Bertz CT molecular complexity index is 639. The number of carboxylic acids is 1. The minimum absolute atomic E-state index is 0.0800. The van der Waals surface area contributed by atoms with Crippen molar-refractivity contribution < 1.29 is 19.2 Å². The summed E-state index contributed by atoms with van der Waals surface area (Å²) in [5.74, 6) is -0.567. The lowest BCUT2D eigenvalue weighted by Crippen LogP contribution is -2.19. The standard InChI is InChI=1S/C12H11N3O5/c1-14(7-9-3-2-4-20-9)11-10(15(18)19)5-8(6-13-11)12(16)17/h2-6H,7H2,1H3,(H,16,17). The molecule has 0 aliphatic heterocycles. The van der Waals surface area contributed by atoms with E-state index in [9.17, 15) is 14.9 Å². The number of furan rings is 1. The van der Waals surface area contributed by atoms with Crippen molar-refractivity contribution in [3.63, 3.8) is 0 Å². The van der Waals surface area contributed by atoms with E-state index < -0.39 is 10.9 Å². The zero-order valence-electron chi connectivity index (χ0n) is 10.5. The number of aromatic carboxylic acids is 1. The number of hydrogen-bond acceptors (Lipinski definition) is 6. The van der Waals surface area contributed by atoms with Crippen LogP contribution in [0.25, 0.3) is 0 Å². The van der Waals surface area contributed by atoms with Gasteiger partial charge in [-0.15, -0.1) is 0 Å². The van der Waals surface area contributed by atoms with Crippen LogP contribution < -0.4 is 4.90 Å². The molecule has 2 aromatic heterocycles. The monoisotopic (exact) mass is 277 g/mol. The summed E-state index contributed by atoms with van der Waals surface area (Å²) in [4.78, 5) is 26.6. The van der Waals surface area contributed by atoms with Crippen LogP contribution in [0.3, 0.4) is 0 Å². The molecule has 8 nitrogen and oxygen atoms in total. The Morgan fingerprint density at radius 2 is 2.35 bits per heavy atom. The minimum atomic E-state index is -1.26. The molecule has 0 amide bonds. The first-order valence-corrected chi connectivity index (χ1v) is 5.60. The molecular weight excluding hydrogens is 266 g/mol. The van der Waals surface area contributed by atoms with E-state index in [0.29, 0.717) is 5.76 Å². The van der Waals surface area contributed by atoms with E-state index in [1.807, 2.05) is 0 Å². The molecule has 0 aromatic carbocycles. The van der Waals surface area contributed by atoms with Crippen LogP contribution in [0.15, 0.2) is 35.1 Å². The van der Waals surface area contributed by atoms with Crippen molar-refractivity contribution in [2.75, 3.05) is 11.9 Å². The van der Waals surface area contributed by atoms with Gasteiger partial charge < -0.3 is 14.4 Å². The molecule has 20 heavy (non-hydrogen) atoms. The Morgan fingerprint density at radius 1 is 1.60 bits per heavy atom. The average molecular weight is 277 g/mol. The molecular formula is C12H11N3O5. The highest BCUT2D eigenvalue weighted by Gasteiger charge is 2.22. The first kappa shape index (κ1) is 13.5. The highest BCUT2D eigenvalue weighted by atomic mass is 16.6. The number of anilines is 1. The normalized spacial score (nSPS) is 10.2. The predicted molar refractivity (Wildman–Crippen MR) is 68.7 cm³/mol. The van der Waals surface area contributed by atoms with Gasteiger partial charge in [0, 0.05) is 19.3 Å². The quantitative estimate of drug-likeness (QED) is 0.656. The number of pyridine rings is 1. The van der Waals surface area contributed by atoms with Gasteiger partial charge in [0.15, 0.2) is 0 Å². The van der Waals surface area contributed by atoms with Crippen molar-refractivity contribution in [3.8, 4) is 0 Å². The topological polar surface area (TPSA) is 110 Å². The molecule has 0 spiro atoms. The predicted octanol–water partition coefficient (Wildman–Crippen LogP) is 1.92. The zero-order chi connectivity index (χ0) is 14.7. The number of nitro groups is 1. The molecule has 2 rings (SSSR count). The summed E-state index contributed by atoms with van der Waals surface area (Å²) in [5, 5.41) is 19.9. The molecule has 8 heteroatoms. The van der Waals surface area contributed by atoms with Gasteiger partial charge in [-0.3, -0.25) is 10.1 Å². The zero-order valence-corrected chi connectivity index (χ0v) is 10.5. The van der Waals surface area contributed by atoms with Gasteiger partial charge in [0.25, 0.3) is 0 Å². The number of rotatable bonds is 5. The van der Waals surface area contributed by atoms with Gasteiger partial charge in [0.1, 0.15) is 5.76 Å². The highest BCUT2D eigenvalue weighted by molar-refractivity contribution is 5.88. The van der Waals surface area contributed by atoms with E-state index in [2.05, 4.69) is 4.98 Å². The molecule has 2 heterocycles. The maximum absolute atomic E-state index is 11.0. The first-order valence-electron chi connectivity index (χ1n) is 5.60. The third-order valence-electron chi connectivity index (χ3n) is 2.63. The van der Waals surface area contributed by atoms with Gasteiger partial charge in [0.2, 0.25) is 5.82 Å². The molecule has 0 fully saturated rings. The Kier molecular flexibility index (Phi) is 3.65. The van der Waals surface area contributed by atoms with Crippen LogP contribution in [0, 0.1) is 10.1 Å². The number of nitrogens with zero attached hydrogens (tertiary/aromatic N) is 3. The second-order valence-corrected chi connectivity index (χ2v) is 4.06. The lowest BCUT2D eigenvalue weighted by Gasteiger charge is -2.16. The molecule has 0 atom stereocenters. The van der Waals surface area contributed by atoms with Gasteiger partial charge >= 0.3 is 11.7 Å². The smallest absolute Gasteiger partial charge is 0.337 e. The third kappa shape index (κ3) is 2.74. The Balaban J connectivity index is 2.35. The largest absolute Gasteiger partial charge is 0.478 e. The molecule has 0 unspecified atom stereocenters. The summed E-state index contributed by atoms with van der Waals surface area (Å²) in [5.41, 5.74) is -0.592. The van der Waals surface area contributed by atoms with E-state index >= 15 is 0 Å². The SMILES string of the molecule is CN(Cc1ccco1)c1ncc(C(=O)O)cc1[N+](=O)[O-]. The van der Waals surface area contributed by atoms with Crippen molar-refractivity contribution in [2.24, 2.45) is 0 Å². The van der Waals surface area contributed by atoms with Crippen molar-refractivity contribution in [1.82, 2.24) is 4.98 Å². The van der Waals surface area contributed by atoms with Crippen LogP contribution in [0.5, 0.6) is 0 Å². The lowest BCUT2D eigenvalue weighted by atomic mass is 10.2. The van der Waals surface area contributed by atoms with Gasteiger partial charge in [-0.05, 0) is 12.1 Å². The fourth-order valence-electron chi connectivity index (χ4n) is 1.70. The van der Waals surface area contributed by atoms with E-state index in [0.717, 1.165) is 12.3 Å². The van der Waals surface area contributed by atoms with E-state index in [4.69, 9.17) is 9.52 Å². The van der Waals surface area contributed by atoms with Crippen molar-refractivity contribution in [1.29, 1.82) is 0 Å². The second-order valence-electron chi connectivity index (χ2n) is 4.06. The Labute approximate surface area is 113 Å². The van der Waals surface area contributed by atoms with Crippen LogP contribution in [0.1, 0.15) is 16.1 Å². The van der Waals surface area contributed by atoms with E-state index in [1.165, 1.54) is 11.2 Å². The fourth-order valence-corrected chi connectivity index (χ4v) is 1.70. The summed E-state index contributed by atoms with van der Waals surface area (Å²) in [7, 11) is 1.61. The molecule has 2 aromatic rings. The summed E-state index contributed by atoms with van der Waals surface area (Å²) in [6, 6.07) is 4.43. The van der Waals surface area contributed by atoms with Crippen LogP contribution in [0.4, 0.5) is 11.5 Å². The van der Waals surface area contributed by atoms with Crippen molar-refractivity contribution in [3.05, 3.63) is 52.1 Å². The molecule has 1 N–H and O–H groups in total. The molecule has 0 aliphatic rings. The Hall–Kier alpha value is -2.90. The Morgan fingerprint density at radius 3 is 2.90 bits per heavy atom. The van der Waals surface area contributed by atoms with Crippen LogP contribution in [0.2, 0.25) is 0 Å². The summed E-state index contributed by atoms with van der Waals surface area (Å²) < 4.78 is 5.15. The second kappa shape index (κ2) is 5.39. The number of carbonyl (C=O) groups is 1. The van der Waals surface area contributed by atoms with Gasteiger partial charge in [-0.25, -0.2) is 9.78 Å². The van der Waals surface area contributed by atoms with Gasteiger partial charge in [0.05, 0.1) is 23.3 Å². The lowest BCUT2D eigenvalue weighted by molar-refractivity contribution is -0.384. The van der Waals surface area contributed by atoms with Crippen LogP contribution in [-0.2, 0) is 6.54 Å². The highest BCUT2D eigenvalue weighted by Crippen LogP contribution is 2.26. The first-order chi connectivity index (χ1) is 9.49. The molecule has 0 saturated carbocycles. The minimum Gasteiger partial charge on any atom is -0.478 e. The molecule has 0 bridgehead atoms. The van der Waals surface area contributed by atoms with Gasteiger partial charge in [-0.2, -0.15) is 0 Å². The van der Waals surface area contributed by atoms with Crippen molar-refractivity contribution >= 4 is 17.5 Å². The number of carboxylic acid groups (broad SMARTS) is 1. The maximum atomic E-state index is 11.0. The maximum Gasteiger partial charge on any atom is 0.337 e. The van der Waals surface area contributed by atoms with Crippen molar-refractivity contribution in [2.45, 2.75) is 6.54 Å². The van der Waals surface area contributed by atoms with Crippen LogP contribution in [-0.4, -0.2) is 28.0 Å².